The molecule has 9 heteroatoms. The molecule has 0 aliphatic heterocycles. The number of aliphatic hydroxyl groups excluding tert-OH is 1. The summed E-state index contributed by atoms with van der Waals surface area (Å²) in [6.45, 7) is 4.29. The molecule has 2 N–H and O–H groups in total. The molecule has 0 saturated carbocycles. The predicted molar refractivity (Wildman–Crippen MR) is 133 cm³/mol. The molecule has 176 valence electrons. The van der Waals surface area contributed by atoms with E-state index in [-0.39, 0.29) is 6.61 Å². The van der Waals surface area contributed by atoms with Crippen molar-refractivity contribution in [3.8, 4) is 5.75 Å². The number of nitrogens with one attached hydrogen (secondary N) is 1. The molecule has 2 rings (SSSR count). The van der Waals surface area contributed by atoms with Crippen molar-refractivity contribution in [3.63, 3.8) is 0 Å². The summed E-state index contributed by atoms with van der Waals surface area (Å²) in [4.78, 5) is 2.17. The number of hydrogen-bond donors (Lipinski definition) is 2. The summed E-state index contributed by atoms with van der Waals surface area (Å²) < 4.78 is 30.6. The quantitative estimate of drug-likeness (QED) is 0.408. The highest BCUT2D eigenvalue weighted by Crippen LogP contribution is 2.23. The molecule has 0 aliphatic carbocycles. The molecule has 0 fully saturated rings. The van der Waals surface area contributed by atoms with Crippen LogP contribution in [0.2, 0.25) is 10.0 Å². The number of benzene rings is 2. The Labute approximate surface area is 200 Å². The van der Waals surface area contributed by atoms with Gasteiger partial charge < -0.3 is 9.84 Å². The van der Waals surface area contributed by atoms with Crippen molar-refractivity contribution in [1.82, 2.24) is 4.90 Å². The van der Waals surface area contributed by atoms with Crippen molar-refractivity contribution in [1.29, 1.82) is 0 Å². The van der Waals surface area contributed by atoms with Gasteiger partial charge in [-0.15, -0.1) is 0 Å². The molecule has 2 aromatic rings. The van der Waals surface area contributed by atoms with Crippen LogP contribution in [-0.2, 0) is 10.0 Å². The van der Waals surface area contributed by atoms with Crippen LogP contribution in [0.1, 0.15) is 25.3 Å². The summed E-state index contributed by atoms with van der Waals surface area (Å²) in [6, 6.07) is 12.0. The number of hydrogen-bond acceptors (Lipinski definition) is 5. The van der Waals surface area contributed by atoms with Crippen LogP contribution in [0.25, 0.3) is 6.08 Å². The molecule has 6 nitrogen and oxygen atoms in total. The monoisotopic (exact) mass is 500 g/mol. The predicted octanol–water partition coefficient (Wildman–Crippen LogP) is 4.92. The highest BCUT2D eigenvalue weighted by molar-refractivity contribution is 7.92. The van der Waals surface area contributed by atoms with Crippen molar-refractivity contribution in [3.05, 3.63) is 64.1 Å². The van der Waals surface area contributed by atoms with E-state index in [9.17, 15) is 13.5 Å². The van der Waals surface area contributed by atoms with E-state index in [2.05, 4.69) is 16.5 Å². The second-order valence-corrected chi connectivity index (χ2v) is 10.1. The van der Waals surface area contributed by atoms with Gasteiger partial charge in [0.15, 0.2) is 0 Å². The second kappa shape index (κ2) is 13.1. The molecule has 0 heterocycles. The molecule has 0 spiro atoms. The van der Waals surface area contributed by atoms with E-state index in [1.165, 1.54) is 0 Å². The molecule has 1 atom stereocenters. The maximum Gasteiger partial charge on any atom is 0.229 e. The van der Waals surface area contributed by atoms with Crippen LogP contribution in [0.3, 0.4) is 0 Å². The Morgan fingerprint density at radius 2 is 1.88 bits per heavy atom. The van der Waals surface area contributed by atoms with Gasteiger partial charge >= 0.3 is 0 Å². The first-order chi connectivity index (χ1) is 15.2. The number of halogens is 2. The number of sulfonamides is 1. The lowest BCUT2D eigenvalue weighted by atomic mass is 10.2. The third kappa shape index (κ3) is 10.2. The third-order valence-corrected chi connectivity index (χ3v) is 5.86. The van der Waals surface area contributed by atoms with Gasteiger partial charge in [-0.2, -0.15) is 0 Å². The second-order valence-electron chi connectivity index (χ2n) is 7.55. The molecule has 0 unspecified atom stereocenters. The largest absolute Gasteiger partial charge is 0.491 e. The van der Waals surface area contributed by atoms with Gasteiger partial charge in [-0.1, -0.05) is 54.8 Å². The molecule has 0 aromatic heterocycles. The normalized spacial score (nSPS) is 12.9. The molecule has 0 radical (unpaired) electrons. The first-order valence-electron chi connectivity index (χ1n) is 10.4. The first kappa shape index (κ1) is 26.5. The Morgan fingerprint density at radius 3 is 2.50 bits per heavy atom. The third-order valence-electron chi connectivity index (χ3n) is 4.51. The van der Waals surface area contributed by atoms with Gasteiger partial charge in [-0.05, 0) is 54.9 Å². The minimum Gasteiger partial charge on any atom is -0.491 e. The Morgan fingerprint density at radius 1 is 1.16 bits per heavy atom. The maximum atomic E-state index is 11.3. The smallest absolute Gasteiger partial charge is 0.229 e. The lowest BCUT2D eigenvalue weighted by Gasteiger charge is -2.24. The van der Waals surface area contributed by atoms with Crippen LogP contribution in [0, 0.1) is 0 Å². The van der Waals surface area contributed by atoms with E-state index in [4.69, 9.17) is 27.9 Å². The Kier molecular flexibility index (Phi) is 10.8. The zero-order chi connectivity index (χ0) is 23.6. The summed E-state index contributed by atoms with van der Waals surface area (Å²) >= 11 is 12.0. The molecule has 0 bridgehead atoms. The van der Waals surface area contributed by atoms with E-state index < -0.39 is 16.1 Å². The lowest BCUT2D eigenvalue weighted by Crippen LogP contribution is -2.36. The molecule has 0 aliphatic rings. The fraction of sp³-hybridized carbons (Fsp3) is 0.391. The molecule has 2 aromatic carbocycles. The summed E-state index contributed by atoms with van der Waals surface area (Å²) in [5, 5.41) is 11.5. The average Bonchev–Trinajstić information content (AvgIpc) is 2.73. The first-order valence-corrected chi connectivity index (χ1v) is 13.0. The standard InChI is InChI=1S/C23H30Cl2N2O4S/c1-3-4-13-27(14-5-6-18-7-12-22(24)23(25)15-18)16-20(28)17-31-21-10-8-19(9-11-21)26-32(2,29)30/h5-12,15,20,26,28H,3-4,13-14,16-17H2,1-2H3/b6-5+/t20-/m0/s1. The summed E-state index contributed by atoms with van der Waals surface area (Å²) in [5.74, 6) is 0.558. The summed E-state index contributed by atoms with van der Waals surface area (Å²) in [7, 11) is -3.32. The Balaban J connectivity index is 1.86. The number of aliphatic hydroxyl groups is 1. The van der Waals surface area contributed by atoms with Crippen molar-refractivity contribution in [2.75, 3.05) is 37.2 Å². The van der Waals surface area contributed by atoms with Gasteiger partial charge in [0, 0.05) is 18.8 Å². The van der Waals surface area contributed by atoms with Gasteiger partial charge in [0.2, 0.25) is 10.0 Å². The molecular weight excluding hydrogens is 471 g/mol. The van der Waals surface area contributed by atoms with Gasteiger partial charge in [0.1, 0.15) is 18.5 Å². The molecule has 0 saturated heterocycles. The number of ether oxygens (including phenoxy) is 1. The van der Waals surface area contributed by atoms with Gasteiger partial charge in [-0.25, -0.2) is 8.42 Å². The molecular formula is C23H30Cl2N2O4S. The van der Waals surface area contributed by atoms with Crippen molar-refractivity contribution >= 4 is 45.0 Å². The highest BCUT2D eigenvalue weighted by atomic mass is 35.5. The van der Waals surface area contributed by atoms with E-state index in [1.807, 2.05) is 24.3 Å². The van der Waals surface area contributed by atoms with E-state index in [1.54, 1.807) is 30.3 Å². The zero-order valence-electron chi connectivity index (χ0n) is 18.3. The van der Waals surface area contributed by atoms with E-state index >= 15 is 0 Å². The van der Waals surface area contributed by atoms with E-state index in [0.29, 0.717) is 34.6 Å². The van der Waals surface area contributed by atoms with Crippen LogP contribution in [-0.4, -0.2) is 57.0 Å². The van der Waals surface area contributed by atoms with Crippen LogP contribution in [0.15, 0.2) is 48.5 Å². The minimum absolute atomic E-state index is 0.137. The number of anilines is 1. The minimum atomic E-state index is -3.32. The van der Waals surface area contributed by atoms with Crippen LogP contribution in [0.4, 0.5) is 5.69 Å². The Hall–Kier alpha value is -1.77. The van der Waals surface area contributed by atoms with Crippen molar-refractivity contribution < 1.29 is 18.3 Å². The van der Waals surface area contributed by atoms with Gasteiger partial charge in [-0.3, -0.25) is 9.62 Å². The topological polar surface area (TPSA) is 78.9 Å². The molecule has 32 heavy (non-hydrogen) atoms. The number of unbranched alkanes of at least 4 members (excludes halogenated alkanes) is 1. The number of nitrogens with zero attached hydrogens (tertiary/aromatic N) is 1. The van der Waals surface area contributed by atoms with Crippen molar-refractivity contribution in [2.24, 2.45) is 0 Å². The lowest BCUT2D eigenvalue weighted by molar-refractivity contribution is 0.0715. The summed E-state index contributed by atoms with van der Waals surface area (Å²) in [5.41, 5.74) is 1.42. The average molecular weight is 501 g/mol. The highest BCUT2D eigenvalue weighted by Gasteiger charge is 2.12. The zero-order valence-corrected chi connectivity index (χ0v) is 20.6. The maximum absolute atomic E-state index is 11.3. The summed E-state index contributed by atoms with van der Waals surface area (Å²) in [6.07, 6.45) is 6.54. The fourth-order valence-electron chi connectivity index (χ4n) is 2.97. The van der Waals surface area contributed by atoms with E-state index in [0.717, 1.165) is 31.2 Å². The SMILES string of the molecule is CCCCN(C/C=C/c1ccc(Cl)c(Cl)c1)C[C@H](O)COc1ccc(NS(C)(=O)=O)cc1. The Bertz CT molecular complexity index is 982. The van der Waals surface area contributed by atoms with Gasteiger partial charge in [0.05, 0.1) is 16.3 Å². The number of rotatable bonds is 13. The fourth-order valence-corrected chi connectivity index (χ4v) is 3.84. The van der Waals surface area contributed by atoms with Crippen LogP contribution < -0.4 is 9.46 Å². The van der Waals surface area contributed by atoms with Crippen LogP contribution in [0.5, 0.6) is 5.75 Å². The van der Waals surface area contributed by atoms with Gasteiger partial charge in [0.25, 0.3) is 0 Å². The molecule has 0 amide bonds. The van der Waals surface area contributed by atoms with Crippen LogP contribution >= 0.6 is 23.2 Å². The van der Waals surface area contributed by atoms with Crippen molar-refractivity contribution in [2.45, 2.75) is 25.9 Å².